The van der Waals surface area contributed by atoms with E-state index in [1.165, 1.54) is 31.2 Å². The summed E-state index contributed by atoms with van der Waals surface area (Å²) in [5, 5.41) is 13.2. The molecule has 1 aliphatic rings. The van der Waals surface area contributed by atoms with Crippen LogP contribution in [0.1, 0.15) is 36.8 Å². The van der Waals surface area contributed by atoms with Crippen molar-refractivity contribution >= 4 is 0 Å². The highest BCUT2D eigenvalue weighted by Gasteiger charge is 2.19. The first kappa shape index (κ1) is 15.3. The molecule has 0 spiro atoms. The van der Waals surface area contributed by atoms with Crippen LogP contribution in [0.5, 0.6) is 5.75 Å². The van der Waals surface area contributed by atoms with E-state index in [-0.39, 0.29) is 0 Å². The first-order valence-electron chi connectivity index (χ1n) is 7.74. The fraction of sp³-hybridized carbons (Fsp3) is 0.647. The first-order chi connectivity index (χ1) is 9.65. The molecule has 2 rings (SSSR count). The van der Waals surface area contributed by atoms with Crippen molar-refractivity contribution < 1.29 is 9.84 Å². The fourth-order valence-electron chi connectivity index (χ4n) is 2.30. The third kappa shape index (κ3) is 5.51. The Morgan fingerprint density at radius 2 is 2.15 bits per heavy atom. The summed E-state index contributed by atoms with van der Waals surface area (Å²) in [6.07, 6.45) is 4.95. The van der Waals surface area contributed by atoms with Gasteiger partial charge in [0.2, 0.25) is 0 Å². The smallest absolute Gasteiger partial charge is 0.122 e. The highest BCUT2D eigenvalue weighted by Crippen LogP contribution is 2.33. The van der Waals surface area contributed by atoms with Gasteiger partial charge < -0.3 is 15.2 Å². The zero-order valence-electron chi connectivity index (χ0n) is 12.7. The van der Waals surface area contributed by atoms with E-state index >= 15 is 0 Å². The molecule has 1 unspecified atom stereocenters. The van der Waals surface area contributed by atoms with Crippen molar-refractivity contribution in [1.82, 2.24) is 5.32 Å². The normalized spacial score (nSPS) is 16.1. The maximum atomic E-state index is 9.90. The van der Waals surface area contributed by atoms with Gasteiger partial charge >= 0.3 is 0 Å². The third-order valence-electron chi connectivity index (χ3n) is 3.82. The molecular weight excluding hydrogens is 250 g/mol. The van der Waals surface area contributed by atoms with Crippen LogP contribution in [-0.4, -0.2) is 30.9 Å². The number of ether oxygens (including phenoxy) is 1. The quantitative estimate of drug-likeness (QED) is 0.682. The summed E-state index contributed by atoms with van der Waals surface area (Å²) in [6, 6.07) is 6.14. The van der Waals surface area contributed by atoms with Gasteiger partial charge in [0.15, 0.2) is 0 Å². The minimum absolute atomic E-state index is 0.347. The van der Waals surface area contributed by atoms with Crippen molar-refractivity contribution in [2.45, 2.75) is 45.6 Å². The minimum atomic E-state index is -0.448. The molecule has 0 heterocycles. The molecule has 0 saturated heterocycles. The Morgan fingerprint density at radius 3 is 2.90 bits per heavy atom. The Bertz CT molecular complexity index is 415. The van der Waals surface area contributed by atoms with Crippen LogP contribution in [0.15, 0.2) is 18.2 Å². The Hall–Kier alpha value is -1.06. The number of nitrogens with one attached hydrogen (secondary N) is 1. The lowest BCUT2D eigenvalue weighted by molar-refractivity contribution is 0.106. The van der Waals surface area contributed by atoms with Crippen LogP contribution in [0.4, 0.5) is 0 Å². The maximum Gasteiger partial charge on any atom is 0.122 e. The molecule has 1 saturated carbocycles. The molecule has 1 aromatic rings. The molecular formula is C17H27NO2. The van der Waals surface area contributed by atoms with Crippen molar-refractivity contribution in [3.05, 3.63) is 29.3 Å². The second-order valence-corrected chi connectivity index (χ2v) is 6.02. The van der Waals surface area contributed by atoms with Gasteiger partial charge in [-0.15, -0.1) is 0 Å². The van der Waals surface area contributed by atoms with Crippen molar-refractivity contribution in [1.29, 1.82) is 0 Å². The second-order valence-electron chi connectivity index (χ2n) is 6.02. The molecule has 3 nitrogen and oxygen atoms in total. The largest absolute Gasteiger partial charge is 0.491 e. The van der Waals surface area contributed by atoms with Crippen molar-refractivity contribution in [2.75, 3.05) is 19.7 Å². The summed E-state index contributed by atoms with van der Waals surface area (Å²) in [6.45, 7) is 6.02. The van der Waals surface area contributed by atoms with Crippen LogP contribution in [0.2, 0.25) is 0 Å². The van der Waals surface area contributed by atoms with Crippen LogP contribution in [0, 0.1) is 19.8 Å². The second kappa shape index (κ2) is 7.65. The molecule has 0 radical (unpaired) electrons. The monoisotopic (exact) mass is 277 g/mol. The van der Waals surface area contributed by atoms with Gasteiger partial charge in [-0.1, -0.05) is 25.0 Å². The summed E-state index contributed by atoms with van der Waals surface area (Å²) < 4.78 is 5.69. The molecule has 1 aromatic carbocycles. The number of aliphatic hydroxyl groups is 1. The van der Waals surface area contributed by atoms with E-state index in [1.54, 1.807) is 0 Å². The van der Waals surface area contributed by atoms with Gasteiger partial charge in [0.25, 0.3) is 0 Å². The molecule has 0 aromatic heterocycles. The van der Waals surface area contributed by atoms with Gasteiger partial charge in [0.05, 0.1) is 0 Å². The number of aryl methyl sites for hydroxylation is 2. The van der Waals surface area contributed by atoms with E-state index in [1.807, 2.05) is 26.0 Å². The van der Waals surface area contributed by atoms with E-state index < -0.39 is 6.10 Å². The van der Waals surface area contributed by atoms with E-state index in [2.05, 4.69) is 11.4 Å². The molecule has 3 heteroatoms. The Kier molecular flexibility index (Phi) is 5.86. The van der Waals surface area contributed by atoms with E-state index in [4.69, 9.17) is 4.74 Å². The summed E-state index contributed by atoms with van der Waals surface area (Å²) in [4.78, 5) is 0. The predicted octanol–water partition coefficient (Wildman–Crippen LogP) is 2.82. The van der Waals surface area contributed by atoms with Crippen molar-refractivity contribution in [2.24, 2.45) is 5.92 Å². The predicted molar refractivity (Wildman–Crippen MR) is 82.2 cm³/mol. The average molecular weight is 277 g/mol. The zero-order chi connectivity index (χ0) is 14.4. The van der Waals surface area contributed by atoms with Crippen LogP contribution in [-0.2, 0) is 0 Å². The van der Waals surface area contributed by atoms with Crippen LogP contribution < -0.4 is 10.1 Å². The first-order valence-corrected chi connectivity index (χ1v) is 7.74. The Labute approximate surface area is 122 Å². The number of aliphatic hydroxyl groups excluding tert-OH is 1. The fourth-order valence-corrected chi connectivity index (χ4v) is 2.30. The lowest BCUT2D eigenvalue weighted by atomic mass is 10.1. The van der Waals surface area contributed by atoms with Crippen LogP contribution >= 0.6 is 0 Å². The molecule has 0 bridgehead atoms. The maximum absolute atomic E-state index is 9.90. The van der Waals surface area contributed by atoms with Gasteiger partial charge in [-0.2, -0.15) is 0 Å². The molecule has 1 aliphatic carbocycles. The molecule has 0 amide bonds. The van der Waals surface area contributed by atoms with E-state index in [0.717, 1.165) is 23.8 Å². The summed E-state index contributed by atoms with van der Waals surface area (Å²) in [7, 11) is 0. The molecule has 112 valence electrons. The van der Waals surface area contributed by atoms with Gasteiger partial charge in [0, 0.05) is 6.54 Å². The Balaban J connectivity index is 1.58. The lowest BCUT2D eigenvalue weighted by Gasteiger charge is -2.15. The molecule has 1 atom stereocenters. The highest BCUT2D eigenvalue weighted by molar-refractivity contribution is 5.35. The summed E-state index contributed by atoms with van der Waals surface area (Å²) >= 11 is 0. The number of benzene rings is 1. The van der Waals surface area contributed by atoms with Gasteiger partial charge in [-0.25, -0.2) is 0 Å². The molecule has 2 N–H and O–H groups in total. The average Bonchev–Trinajstić information content (AvgIpc) is 3.23. The van der Waals surface area contributed by atoms with Crippen LogP contribution in [0.25, 0.3) is 0 Å². The number of hydrogen-bond donors (Lipinski definition) is 2. The Morgan fingerprint density at radius 1 is 1.35 bits per heavy atom. The van der Waals surface area contributed by atoms with Gasteiger partial charge in [-0.05, 0) is 56.3 Å². The van der Waals surface area contributed by atoms with Crippen LogP contribution in [0.3, 0.4) is 0 Å². The van der Waals surface area contributed by atoms with E-state index in [0.29, 0.717) is 13.2 Å². The SMILES string of the molecule is Cc1ccc(C)c(OCC(O)CNCCCC2CC2)c1. The summed E-state index contributed by atoms with van der Waals surface area (Å²) in [5.41, 5.74) is 2.29. The van der Waals surface area contributed by atoms with Crippen molar-refractivity contribution in [3.8, 4) is 5.75 Å². The topological polar surface area (TPSA) is 41.5 Å². The highest BCUT2D eigenvalue weighted by atomic mass is 16.5. The number of hydrogen-bond acceptors (Lipinski definition) is 3. The number of rotatable bonds is 9. The molecule has 20 heavy (non-hydrogen) atoms. The zero-order valence-corrected chi connectivity index (χ0v) is 12.7. The molecule has 1 fully saturated rings. The minimum Gasteiger partial charge on any atom is -0.491 e. The van der Waals surface area contributed by atoms with Gasteiger partial charge in [0.1, 0.15) is 18.5 Å². The van der Waals surface area contributed by atoms with E-state index in [9.17, 15) is 5.11 Å². The standard InChI is InChI=1S/C17H27NO2/c1-13-5-6-14(2)17(10-13)20-12-16(19)11-18-9-3-4-15-7-8-15/h5-6,10,15-16,18-19H,3-4,7-9,11-12H2,1-2H3. The molecule has 0 aliphatic heterocycles. The lowest BCUT2D eigenvalue weighted by Crippen LogP contribution is -2.32. The third-order valence-corrected chi connectivity index (χ3v) is 3.82. The summed E-state index contributed by atoms with van der Waals surface area (Å²) in [5.74, 6) is 1.87. The van der Waals surface area contributed by atoms with Crippen molar-refractivity contribution in [3.63, 3.8) is 0 Å². The van der Waals surface area contributed by atoms with Gasteiger partial charge in [-0.3, -0.25) is 0 Å².